The molecule has 0 spiro atoms. The lowest BCUT2D eigenvalue weighted by atomic mass is 10.1. The van der Waals surface area contributed by atoms with Crippen molar-refractivity contribution in [3.05, 3.63) is 72.3 Å². The third-order valence-electron chi connectivity index (χ3n) is 3.74. The van der Waals surface area contributed by atoms with Gasteiger partial charge in [-0.3, -0.25) is 9.59 Å². The SMILES string of the molecule is COc1ccc(/C=N\NC(=O)C(=O)Nc2cccc3ccccc23)cc1. The van der Waals surface area contributed by atoms with Crippen LogP contribution in [0.4, 0.5) is 5.69 Å². The zero-order valence-electron chi connectivity index (χ0n) is 14.1. The van der Waals surface area contributed by atoms with Gasteiger partial charge < -0.3 is 10.1 Å². The molecule has 0 saturated carbocycles. The number of amides is 2. The molecule has 0 fully saturated rings. The van der Waals surface area contributed by atoms with Crippen molar-refractivity contribution >= 4 is 34.5 Å². The molecule has 3 rings (SSSR count). The lowest BCUT2D eigenvalue weighted by molar-refractivity contribution is -0.136. The van der Waals surface area contributed by atoms with E-state index in [0.717, 1.165) is 22.1 Å². The summed E-state index contributed by atoms with van der Waals surface area (Å²) < 4.78 is 5.06. The third-order valence-corrected chi connectivity index (χ3v) is 3.74. The van der Waals surface area contributed by atoms with E-state index in [1.807, 2.05) is 36.4 Å². The van der Waals surface area contributed by atoms with Gasteiger partial charge in [0, 0.05) is 11.1 Å². The molecule has 130 valence electrons. The van der Waals surface area contributed by atoms with E-state index in [4.69, 9.17) is 4.74 Å². The molecule has 0 aliphatic heterocycles. The number of nitrogens with zero attached hydrogens (tertiary/aromatic N) is 1. The van der Waals surface area contributed by atoms with Crippen LogP contribution in [0.15, 0.2) is 71.8 Å². The Morgan fingerprint density at radius 1 is 0.923 bits per heavy atom. The van der Waals surface area contributed by atoms with Gasteiger partial charge in [-0.1, -0.05) is 36.4 Å². The predicted octanol–water partition coefficient (Wildman–Crippen LogP) is 2.94. The van der Waals surface area contributed by atoms with Crippen LogP contribution in [0.2, 0.25) is 0 Å². The number of methoxy groups -OCH3 is 1. The molecule has 0 bridgehead atoms. The van der Waals surface area contributed by atoms with Crippen LogP contribution in [0, 0.1) is 0 Å². The molecule has 0 heterocycles. The molecule has 3 aromatic rings. The van der Waals surface area contributed by atoms with Gasteiger partial charge in [0.05, 0.1) is 13.3 Å². The van der Waals surface area contributed by atoms with Crippen molar-refractivity contribution in [2.45, 2.75) is 0 Å². The fourth-order valence-electron chi connectivity index (χ4n) is 2.42. The fourth-order valence-corrected chi connectivity index (χ4v) is 2.42. The van der Waals surface area contributed by atoms with Gasteiger partial charge in [-0.25, -0.2) is 5.43 Å². The molecule has 0 aromatic heterocycles. The Kier molecular flexibility index (Phi) is 5.24. The first-order chi connectivity index (χ1) is 12.7. The van der Waals surface area contributed by atoms with Crippen LogP contribution in [0.1, 0.15) is 5.56 Å². The van der Waals surface area contributed by atoms with Crippen LogP contribution in [0.3, 0.4) is 0 Å². The van der Waals surface area contributed by atoms with Crippen molar-refractivity contribution in [2.75, 3.05) is 12.4 Å². The predicted molar refractivity (Wildman–Crippen MR) is 101 cm³/mol. The van der Waals surface area contributed by atoms with Crippen molar-refractivity contribution in [1.82, 2.24) is 5.43 Å². The van der Waals surface area contributed by atoms with E-state index >= 15 is 0 Å². The van der Waals surface area contributed by atoms with Gasteiger partial charge in [0.25, 0.3) is 0 Å². The molecular weight excluding hydrogens is 330 g/mol. The van der Waals surface area contributed by atoms with Gasteiger partial charge in [-0.05, 0) is 41.3 Å². The molecule has 0 atom stereocenters. The first-order valence-corrected chi connectivity index (χ1v) is 7.93. The molecule has 2 amide bonds. The molecule has 0 saturated heterocycles. The van der Waals surface area contributed by atoms with Gasteiger partial charge in [-0.15, -0.1) is 0 Å². The van der Waals surface area contributed by atoms with Crippen LogP contribution in [-0.4, -0.2) is 25.1 Å². The maximum Gasteiger partial charge on any atom is 0.329 e. The minimum Gasteiger partial charge on any atom is -0.497 e. The number of benzene rings is 3. The number of carbonyl (C=O) groups excluding carboxylic acids is 2. The zero-order chi connectivity index (χ0) is 18.4. The minimum absolute atomic E-state index is 0.572. The topological polar surface area (TPSA) is 79.8 Å². The second-order valence-corrected chi connectivity index (χ2v) is 5.45. The number of hydrogen-bond acceptors (Lipinski definition) is 4. The van der Waals surface area contributed by atoms with Crippen LogP contribution < -0.4 is 15.5 Å². The summed E-state index contributed by atoms with van der Waals surface area (Å²) in [5.74, 6) is -0.906. The second kappa shape index (κ2) is 7.94. The number of anilines is 1. The average molecular weight is 347 g/mol. The van der Waals surface area contributed by atoms with E-state index in [1.54, 1.807) is 37.4 Å². The monoisotopic (exact) mass is 347 g/mol. The molecule has 26 heavy (non-hydrogen) atoms. The first kappa shape index (κ1) is 17.2. The summed E-state index contributed by atoms with van der Waals surface area (Å²) in [5.41, 5.74) is 3.55. The number of carbonyl (C=O) groups is 2. The van der Waals surface area contributed by atoms with E-state index in [2.05, 4.69) is 15.8 Å². The largest absolute Gasteiger partial charge is 0.497 e. The number of hydrogen-bond donors (Lipinski definition) is 2. The van der Waals surface area contributed by atoms with E-state index in [0.29, 0.717) is 5.69 Å². The van der Waals surface area contributed by atoms with Crippen molar-refractivity contribution in [2.24, 2.45) is 5.10 Å². The summed E-state index contributed by atoms with van der Waals surface area (Å²) >= 11 is 0. The molecule has 0 unspecified atom stereocenters. The van der Waals surface area contributed by atoms with Crippen molar-refractivity contribution in [3.63, 3.8) is 0 Å². The Labute approximate surface area is 150 Å². The Hall–Kier alpha value is -3.67. The van der Waals surface area contributed by atoms with Gasteiger partial charge >= 0.3 is 11.8 Å². The maximum atomic E-state index is 12.1. The Morgan fingerprint density at radius 3 is 2.42 bits per heavy atom. The average Bonchev–Trinajstić information content (AvgIpc) is 2.68. The molecule has 0 aliphatic rings. The molecule has 2 N–H and O–H groups in total. The molecular formula is C20H17N3O3. The van der Waals surface area contributed by atoms with Crippen molar-refractivity contribution in [3.8, 4) is 5.75 Å². The quantitative estimate of drug-likeness (QED) is 0.433. The van der Waals surface area contributed by atoms with Crippen molar-refractivity contribution < 1.29 is 14.3 Å². The van der Waals surface area contributed by atoms with Gasteiger partial charge in [-0.2, -0.15) is 5.10 Å². The van der Waals surface area contributed by atoms with Crippen molar-refractivity contribution in [1.29, 1.82) is 0 Å². The van der Waals surface area contributed by atoms with Crippen LogP contribution in [0.5, 0.6) is 5.75 Å². The molecule has 3 aromatic carbocycles. The molecule has 6 heteroatoms. The van der Waals surface area contributed by atoms with Crippen LogP contribution in [0.25, 0.3) is 10.8 Å². The molecule has 0 aliphatic carbocycles. The number of hydrazone groups is 1. The smallest absolute Gasteiger partial charge is 0.329 e. The summed E-state index contributed by atoms with van der Waals surface area (Å²) in [7, 11) is 1.58. The summed E-state index contributed by atoms with van der Waals surface area (Å²) in [6.45, 7) is 0. The fraction of sp³-hybridized carbons (Fsp3) is 0.0500. The standard InChI is InChI=1S/C20H17N3O3/c1-26-16-11-9-14(10-12-16)13-21-23-20(25)19(24)22-18-8-4-6-15-5-2-3-7-17(15)18/h2-13H,1H3,(H,22,24)(H,23,25)/b21-13-. The molecule has 0 radical (unpaired) electrons. The highest BCUT2D eigenvalue weighted by Crippen LogP contribution is 2.22. The minimum atomic E-state index is -0.845. The number of nitrogens with one attached hydrogen (secondary N) is 2. The van der Waals surface area contributed by atoms with E-state index < -0.39 is 11.8 Å². The summed E-state index contributed by atoms with van der Waals surface area (Å²) in [6.07, 6.45) is 1.45. The van der Waals surface area contributed by atoms with Crippen LogP contribution >= 0.6 is 0 Å². The van der Waals surface area contributed by atoms with Gasteiger partial charge in [0.2, 0.25) is 0 Å². The number of fused-ring (bicyclic) bond motifs is 1. The van der Waals surface area contributed by atoms with E-state index in [9.17, 15) is 9.59 Å². The normalized spacial score (nSPS) is 10.7. The highest BCUT2D eigenvalue weighted by atomic mass is 16.5. The van der Waals surface area contributed by atoms with Gasteiger partial charge in [0.1, 0.15) is 5.75 Å². The maximum absolute atomic E-state index is 12.1. The Morgan fingerprint density at radius 2 is 1.65 bits per heavy atom. The summed E-state index contributed by atoms with van der Waals surface area (Å²) in [6, 6.07) is 20.2. The van der Waals surface area contributed by atoms with E-state index in [-0.39, 0.29) is 0 Å². The Balaban J connectivity index is 1.62. The Bertz CT molecular complexity index is 960. The number of ether oxygens (including phenoxy) is 1. The van der Waals surface area contributed by atoms with E-state index in [1.165, 1.54) is 6.21 Å². The second-order valence-electron chi connectivity index (χ2n) is 5.45. The van der Waals surface area contributed by atoms with Gasteiger partial charge in [0.15, 0.2) is 0 Å². The summed E-state index contributed by atoms with van der Waals surface area (Å²) in [4.78, 5) is 24.0. The summed E-state index contributed by atoms with van der Waals surface area (Å²) in [5, 5.41) is 8.24. The highest BCUT2D eigenvalue weighted by Gasteiger charge is 2.14. The number of rotatable bonds is 4. The zero-order valence-corrected chi connectivity index (χ0v) is 14.1. The lowest BCUT2D eigenvalue weighted by Crippen LogP contribution is -2.32. The third kappa shape index (κ3) is 4.05. The molecule has 6 nitrogen and oxygen atoms in total. The highest BCUT2D eigenvalue weighted by molar-refractivity contribution is 6.40. The van der Waals surface area contributed by atoms with Crippen LogP contribution in [-0.2, 0) is 9.59 Å². The lowest BCUT2D eigenvalue weighted by Gasteiger charge is -2.07. The first-order valence-electron chi connectivity index (χ1n) is 7.93.